The molecule has 0 fully saturated rings. The maximum absolute atomic E-state index is 14.1. The van der Waals surface area contributed by atoms with E-state index in [2.05, 4.69) is 33.4 Å². The van der Waals surface area contributed by atoms with Gasteiger partial charge in [-0.1, -0.05) is 23.2 Å². The number of anilines is 1. The number of allylic oxidation sites excluding steroid dienone is 2. The fourth-order valence-electron chi connectivity index (χ4n) is 2.25. The summed E-state index contributed by atoms with van der Waals surface area (Å²) >= 11 is 13.8. The van der Waals surface area contributed by atoms with E-state index in [1.54, 1.807) is 18.2 Å². The van der Waals surface area contributed by atoms with E-state index in [1.807, 2.05) is 0 Å². The lowest BCUT2D eigenvalue weighted by Crippen LogP contribution is -2.32. The van der Waals surface area contributed by atoms with E-state index in [4.69, 9.17) is 33.1 Å². The second-order valence-electron chi connectivity index (χ2n) is 5.92. The van der Waals surface area contributed by atoms with Crippen LogP contribution in [0, 0.1) is 3.57 Å². The topological polar surface area (TPSA) is 90.8 Å². The Balaban J connectivity index is 2.20. The Hall–Kier alpha value is -0.980. The SMILES string of the molecule is O=C(NOCCC(O)CO)C1=C(Nc2ccc(I)cc2Cl)CC(F)(F)C(Cl)=C1. The number of benzene rings is 1. The van der Waals surface area contributed by atoms with Gasteiger partial charge in [-0.2, -0.15) is 8.78 Å². The second-order valence-corrected chi connectivity index (χ2v) is 7.98. The van der Waals surface area contributed by atoms with Gasteiger partial charge in [0.15, 0.2) is 0 Å². The maximum Gasteiger partial charge on any atom is 0.288 e. The predicted molar refractivity (Wildman–Crippen MR) is 110 cm³/mol. The number of rotatable bonds is 8. The molecule has 1 aromatic rings. The molecule has 154 valence electrons. The molecule has 1 amide bonds. The fourth-order valence-corrected chi connectivity index (χ4v) is 3.33. The highest BCUT2D eigenvalue weighted by atomic mass is 127. The molecule has 0 saturated carbocycles. The number of hydrogen-bond acceptors (Lipinski definition) is 5. The summed E-state index contributed by atoms with van der Waals surface area (Å²) in [5.41, 5.74) is 2.26. The molecule has 1 aliphatic rings. The molecule has 1 aliphatic carbocycles. The van der Waals surface area contributed by atoms with Crippen molar-refractivity contribution in [1.29, 1.82) is 0 Å². The molecule has 1 unspecified atom stereocenters. The number of aliphatic hydroxyl groups excluding tert-OH is 2. The van der Waals surface area contributed by atoms with Gasteiger partial charge < -0.3 is 15.5 Å². The van der Waals surface area contributed by atoms with Gasteiger partial charge in [-0.05, 0) is 46.9 Å². The Bertz CT molecular complexity index is 805. The smallest absolute Gasteiger partial charge is 0.288 e. The molecule has 2 rings (SSSR count). The van der Waals surface area contributed by atoms with Gasteiger partial charge in [0.25, 0.3) is 11.8 Å². The van der Waals surface area contributed by atoms with Gasteiger partial charge >= 0.3 is 0 Å². The standard InChI is InChI=1S/C17H17Cl2F2IN2O4/c18-12-5-9(22)1-2-13(12)23-14-7-17(20,21)15(19)6-11(14)16(27)24-28-4-3-10(26)8-25/h1-2,5-6,10,23,25-26H,3-4,7-8H2,(H,24,27). The number of hydrogen-bond donors (Lipinski definition) is 4. The van der Waals surface area contributed by atoms with Crippen LogP contribution in [0.5, 0.6) is 0 Å². The van der Waals surface area contributed by atoms with Gasteiger partial charge in [0, 0.05) is 15.7 Å². The second kappa shape index (κ2) is 10.2. The molecule has 1 aromatic carbocycles. The number of hydroxylamine groups is 1. The highest BCUT2D eigenvalue weighted by Crippen LogP contribution is 2.40. The van der Waals surface area contributed by atoms with Crippen molar-refractivity contribution < 1.29 is 28.6 Å². The van der Waals surface area contributed by atoms with Crippen molar-refractivity contribution in [2.45, 2.75) is 24.9 Å². The van der Waals surface area contributed by atoms with Crippen LogP contribution in [0.15, 0.2) is 40.6 Å². The van der Waals surface area contributed by atoms with E-state index in [0.717, 1.165) is 9.65 Å². The molecule has 0 spiro atoms. The van der Waals surface area contributed by atoms with Crippen LogP contribution in [0.2, 0.25) is 5.02 Å². The summed E-state index contributed by atoms with van der Waals surface area (Å²) in [6.45, 7) is -0.527. The molecule has 0 radical (unpaired) electrons. The Morgan fingerprint density at radius 1 is 1.39 bits per heavy atom. The normalized spacial score (nSPS) is 17.2. The first-order chi connectivity index (χ1) is 13.1. The van der Waals surface area contributed by atoms with Gasteiger partial charge in [-0.25, -0.2) is 5.48 Å². The maximum atomic E-state index is 14.1. The fraction of sp³-hybridized carbons (Fsp3) is 0.353. The molecular weight excluding hydrogens is 532 g/mol. The first kappa shape index (κ1) is 23.3. The van der Waals surface area contributed by atoms with Crippen LogP contribution in [0.1, 0.15) is 12.8 Å². The minimum atomic E-state index is -3.34. The molecular formula is C17H17Cl2F2IN2O4. The van der Waals surface area contributed by atoms with Crippen LogP contribution in [0.25, 0.3) is 0 Å². The van der Waals surface area contributed by atoms with E-state index in [1.165, 1.54) is 0 Å². The zero-order valence-electron chi connectivity index (χ0n) is 14.3. The number of carbonyl (C=O) groups is 1. The predicted octanol–water partition coefficient (Wildman–Crippen LogP) is 3.56. The van der Waals surface area contributed by atoms with E-state index >= 15 is 0 Å². The van der Waals surface area contributed by atoms with Crippen LogP contribution in [0.4, 0.5) is 14.5 Å². The Labute approximate surface area is 183 Å². The molecule has 11 heteroatoms. The average molecular weight is 549 g/mol. The molecule has 0 aliphatic heterocycles. The summed E-state index contributed by atoms with van der Waals surface area (Å²) in [5.74, 6) is -4.13. The minimum Gasteiger partial charge on any atom is -0.394 e. The Morgan fingerprint density at radius 3 is 2.75 bits per heavy atom. The van der Waals surface area contributed by atoms with Crippen molar-refractivity contribution in [3.05, 3.63) is 49.2 Å². The summed E-state index contributed by atoms with van der Waals surface area (Å²) in [7, 11) is 0. The third kappa shape index (κ3) is 6.26. The molecule has 0 saturated heterocycles. The van der Waals surface area contributed by atoms with Crippen molar-refractivity contribution in [2.75, 3.05) is 18.5 Å². The summed E-state index contributed by atoms with van der Waals surface area (Å²) in [5, 5.41) is 20.3. The quantitative estimate of drug-likeness (QED) is 0.226. The molecule has 0 bridgehead atoms. The largest absolute Gasteiger partial charge is 0.394 e. The number of carbonyl (C=O) groups excluding carboxylic acids is 1. The van der Waals surface area contributed by atoms with Gasteiger partial charge in [0.05, 0.1) is 47.1 Å². The number of nitrogens with one attached hydrogen (secondary N) is 2. The van der Waals surface area contributed by atoms with Crippen LogP contribution >= 0.6 is 45.8 Å². The van der Waals surface area contributed by atoms with Crippen LogP contribution in [-0.2, 0) is 9.63 Å². The van der Waals surface area contributed by atoms with Gasteiger partial charge in [-0.15, -0.1) is 0 Å². The lowest BCUT2D eigenvalue weighted by atomic mass is 9.99. The zero-order valence-corrected chi connectivity index (χ0v) is 18.0. The molecule has 28 heavy (non-hydrogen) atoms. The van der Waals surface area contributed by atoms with Crippen LogP contribution < -0.4 is 10.8 Å². The summed E-state index contributed by atoms with van der Waals surface area (Å²) in [6, 6.07) is 4.98. The number of alkyl halides is 2. The van der Waals surface area contributed by atoms with Gasteiger partial charge in [0.1, 0.15) is 0 Å². The molecule has 0 heterocycles. The Morgan fingerprint density at radius 2 is 2.11 bits per heavy atom. The summed E-state index contributed by atoms with van der Waals surface area (Å²) in [4.78, 5) is 17.3. The van der Waals surface area contributed by atoms with Crippen LogP contribution in [0.3, 0.4) is 0 Å². The number of amides is 1. The van der Waals surface area contributed by atoms with Crippen LogP contribution in [-0.4, -0.2) is 41.4 Å². The Kier molecular flexibility index (Phi) is 8.46. The number of halogens is 5. The molecule has 1 atom stereocenters. The lowest BCUT2D eigenvalue weighted by Gasteiger charge is -2.25. The number of aliphatic hydroxyl groups is 2. The van der Waals surface area contributed by atoms with Crippen molar-refractivity contribution in [2.24, 2.45) is 0 Å². The third-order valence-corrected chi connectivity index (χ3v) is 5.10. The summed E-state index contributed by atoms with van der Waals surface area (Å²) in [6.07, 6.45) is -0.862. The molecule has 6 nitrogen and oxygen atoms in total. The van der Waals surface area contributed by atoms with Crippen molar-refractivity contribution in [1.82, 2.24) is 5.48 Å². The highest BCUT2D eigenvalue weighted by Gasteiger charge is 2.40. The van der Waals surface area contributed by atoms with E-state index < -0.39 is 36.0 Å². The van der Waals surface area contributed by atoms with E-state index in [9.17, 15) is 18.7 Å². The monoisotopic (exact) mass is 548 g/mol. The minimum absolute atomic E-state index is 0.0750. The van der Waals surface area contributed by atoms with Gasteiger partial charge in [-0.3, -0.25) is 9.63 Å². The first-order valence-electron chi connectivity index (χ1n) is 8.06. The van der Waals surface area contributed by atoms with E-state index in [-0.39, 0.29) is 24.3 Å². The lowest BCUT2D eigenvalue weighted by molar-refractivity contribution is -0.130. The first-order valence-corrected chi connectivity index (χ1v) is 9.89. The van der Waals surface area contributed by atoms with Crippen molar-refractivity contribution >= 4 is 57.4 Å². The highest BCUT2D eigenvalue weighted by molar-refractivity contribution is 14.1. The van der Waals surface area contributed by atoms with Crippen molar-refractivity contribution in [3.8, 4) is 0 Å². The third-order valence-electron chi connectivity index (χ3n) is 3.73. The van der Waals surface area contributed by atoms with Crippen molar-refractivity contribution in [3.63, 3.8) is 0 Å². The van der Waals surface area contributed by atoms with Gasteiger partial charge in [0.2, 0.25) is 0 Å². The average Bonchev–Trinajstić information content (AvgIpc) is 2.63. The summed E-state index contributed by atoms with van der Waals surface area (Å²) < 4.78 is 29.0. The van der Waals surface area contributed by atoms with E-state index in [0.29, 0.717) is 10.7 Å². The zero-order chi connectivity index (χ0) is 20.9. The molecule has 4 N–H and O–H groups in total. The molecule has 0 aromatic heterocycles.